The molecular formula is C22H30N3O2+. The normalized spacial score (nSPS) is 12.9. The van der Waals surface area contributed by atoms with Gasteiger partial charge >= 0.3 is 0 Å². The summed E-state index contributed by atoms with van der Waals surface area (Å²) in [4.78, 5) is 25.0. The zero-order chi connectivity index (χ0) is 20.0. The molecule has 0 saturated heterocycles. The molecule has 2 aromatic rings. The monoisotopic (exact) mass is 368 g/mol. The fourth-order valence-corrected chi connectivity index (χ4v) is 3.01. The lowest BCUT2D eigenvalue weighted by molar-refractivity contribution is -0.885. The molecule has 0 saturated carbocycles. The van der Waals surface area contributed by atoms with E-state index in [4.69, 9.17) is 0 Å². The number of likely N-dealkylation sites (N-methyl/N-ethyl adjacent to an activating group) is 1. The van der Waals surface area contributed by atoms with Gasteiger partial charge in [0.15, 0.2) is 6.54 Å². The van der Waals surface area contributed by atoms with Gasteiger partial charge in [0.2, 0.25) is 0 Å². The summed E-state index contributed by atoms with van der Waals surface area (Å²) in [6.07, 6.45) is 0. The fourth-order valence-electron chi connectivity index (χ4n) is 3.01. The highest BCUT2D eigenvalue weighted by molar-refractivity contribution is 5.93. The molecule has 0 aliphatic heterocycles. The molecule has 5 heteroatoms. The van der Waals surface area contributed by atoms with Crippen molar-refractivity contribution in [2.45, 2.75) is 33.4 Å². The summed E-state index contributed by atoms with van der Waals surface area (Å²) in [5.74, 6) is -0.0674. The van der Waals surface area contributed by atoms with E-state index in [9.17, 15) is 9.59 Å². The van der Waals surface area contributed by atoms with Crippen LogP contribution in [-0.4, -0.2) is 32.5 Å². The Morgan fingerprint density at radius 3 is 2.30 bits per heavy atom. The third-order valence-corrected chi connectivity index (χ3v) is 4.82. The van der Waals surface area contributed by atoms with E-state index in [-0.39, 0.29) is 17.9 Å². The minimum Gasteiger partial charge on any atom is -0.355 e. The van der Waals surface area contributed by atoms with Crippen LogP contribution >= 0.6 is 0 Å². The summed E-state index contributed by atoms with van der Waals surface area (Å²) in [6, 6.07) is 13.8. The van der Waals surface area contributed by atoms with Crippen molar-refractivity contribution >= 4 is 11.8 Å². The molecule has 0 radical (unpaired) electrons. The van der Waals surface area contributed by atoms with Gasteiger partial charge in [0.25, 0.3) is 11.8 Å². The van der Waals surface area contributed by atoms with E-state index in [1.54, 1.807) is 7.05 Å². The van der Waals surface area contributed by atoms with Crippen LogP contribution in [0, 0.1) is 13.8 Å². The second-order valence-corrected chi connectivity index (χ2v) is 7.22. The summed E-state index contributed by atoms with van der Waals surface area (Å²) in [6.45, 7) is 7.29. The molecule has 3 N–H and O–H groups in total. The maximum Gasteiger partial charge on any atom is 0.275 e. The van der Waals surface area contributed by atoms with Gasteiger partial charge in [-0.25, -0.2) is 0 Å². The molecule has 2 amide bonds. The average molecular weight is 369 g/mol. The summed E-state index contributed by atoms with van der Waals surface area (Å²) < 4.78 is 0. The van der Waals surface area contributed by atoms with Gasteiger partial charge in [-0.3, -0.25) is 9.59 Å². The smallest absolute Gasteiger partial charge is 0.275 e. The van der Waals surface area contributed by atoms with Gasteiger partial charge in [-0.05, 0) is 49.6 Å². The number of benzene rings is 2. The van der Waals surface area contributed by atoms with E-state index in [1.807, 2.05) is 38.2 Å². The molecule has 0 bridgehead atoms. The van der Waals surface area contributed by atoms with E-state index >= 15 is 0 Å². The second-order valence-electron chi connectivity index (χ2n) is 7.22. The summed E-state index contributed by atoms with van der Waals surface area (Å²) in [7, 11) is 3.61. The van der Waals surface area contributed by atoms with Crippen LogP contribution in [0.1, 0.15) is 45.6 Å². The van der Waals surface area contributed by atoms with Crippen molar-refractivity contribution in [3.8, 4) is 0 Å². The average Bonchev–Trinajstić information content (AvgIpc) is 2.63. The van der Waals surface area contributed by atoms with Crippen LogP contribution in [0.5, 0.6) is 0 Å². The lowest BCUT2D eigenvalue weighted by Crippen LogP contribution is -3.08. The standard InChI is InChI=1S/C22H29N3O2/c1-15-6-9-20(12-16(15)2)17(3)24-21(26)14-25(5)13-18-7-10-19(11-8-18)22(27)23-4/h6-12,17H,13-14H2,1-5H3,(H,23,27)(H,24,26)/p+1/t17-/m1/s1. The minimum atomic E-state index is -0.0954. The van der Waals surface area contributed by atoms with Gasteiger partial charge in [-0.1, -0.05) is 30.3 Å². The Morgan fingerprint density at radius 1 is 1.04 bits per heavy atom. The quantitative estimate of drug-likeness (QED) is 0.694. The lowest BCUT2D eigenvalue weighted by Gasteiger charge is -2.18. The maximum absolute atomic E-state index is 12.4. The van der Waals surface area contributed by atoms with Crippen molar-refractivity contribution in [1.82, 2.24) is 10.6 Å². The van der Waals surface area contributed by atoms with Gasteiger partial charge in [0.1, 0.15) is 6.54 Å². The Morgan fingerprint density at radius 2 is 1.70 bits per heavy atom. The fraction of sp³-hybridized carbons (Fsp3) is 0.364. The first kappa shape index (κ1) is 20.6. The number of rotatable bonds is 7. The molecule has 2 aromatic carbocycles. The van der Waals surface area contributed by atoms with Crippen LogP contribution < -0.4 is 15.5 Å². The first-order valence-corrected chi connectivity index (χ1v) is 9.29. The van der Waals surface area contributed by atoms with Crippen molar-refractivity contribution < 1.29 is 14.5 Å². The highest BCUT2D eigenvalue weighted by Crippen LogP contribution is 2.16. The van der Waals surface area contributed by atoms with E-state index < -0.39 is 0 Å². The van der Waals surface area contributed by atoms with Crippen LogP contribution in [0.15, 0.2) is 42.5 Å². The molecule has 5 nitrogen and oxygen atoms in total. The molecule has 144 valence electrons. The largest absolute Gasteiger partial charge is 0.355 e. The Balaban J connectivity index is 1.87. The summed E-state index contributed by atoms with van der Waals surface area (Å²) >= 11 is 0. The summed E-state index contributed by atoms with van der Waals surface area (Å²) in [5, 5.41) is 5.69. The SMILES string of the molecule is CNC(=O)c1ccc(C[NH+](C)CC(=O)N[C@H](C)c2ccc(C)c(C)c2)cc1. The van der Waals surface area contributed by atoms with Crippen molar-refractivity contribution in [2.24, 2.45) is 0 Å². The van der Waals surface area contributed by atoms with Gasteiger partial charge in [0, 0.05) is 18.2 Å². The topological polar surface area (TPSA) is 62.6 Å². The molecule has 2 rings (SSSR count). The van der Waals surface area contributed by atoms with Gasteiger partial charge in [-0.2, -0.15) is 0 Å². The molecule has 0 fully saturated rings. The van der Waals surface area contributed by atoms with Crippen molar-refractivity contribution in [2.75, 3.05) is 20.6 Å². The first-order valence-electron chi connectivity index (χ1n) is 9.29. The highest BCUT2D eigenvalue weighted by atomic mass is 16.2. The van der Waals surface area contributed by atoms with Gasteiger partial charge < -0.3 is 15.5 Å². The Hall–Kier alpha value is -2.66. The molecule has 0 aromatic heterocycles. The molecule has 2 atom stereocenters. The predicted octanol–water partition coefficient (Wildman–Crippen LogP) is 1.56. The van der Waals surface area contributed by atoms with Crippen LogP contribution in [0.25, 0.3) is 0 Å². The van der Waals surface area contributed by atoms with Gasteiger partial charge in [-0.15, -0.1) is 0 Å². The van der Waals surface area contributed by atoms with Crippen LogP contribution in [0.4, 0.5) is 0 Å². The number of quaternary nitrogens is 1. The van der Waals surface area contributed by atoms with Crippen molar-refractivity contribution in [3.63, 3.8) is 0 Å². The number of carbonyl (C=O) groups is 2. The van der Waals surface area contributed by atoms with Crippen molar-refractivity contribution in [3.05, 3.63) is 70.3 Å². The molecule has 0 spiro atoms. The number of carbonyl (C=O) groups excluding carboxylic acids is 2. The molecule has 0 heterocycles. The molecule has 27 heavy (non-hydrogen) atoms. The summed E-state index contributed by atoms with van der Waals surface area (Å²) in [5.41, 5.74) is 5.34. The van der Waals surface area contributed by atoms with Gasteiger partial charge in [0.05, 0.1) is 13.1 Å². The van der Waals surface area contributed by atoms with E-state index in [0.29, 0.717) is 12.1 Å². The number of aryl methyl sites for hydroxylation is 2. The van der Waals surface area contributed by atoms with Crippen molar-refractivity contribution in [1.29, 1.82) is 0 Å². The van der Waals surface area contributed by atoms with Crippen LogP contribution in [-0.2, 0) is 11.3 Å². The number of nitrogens with one attached hydrogen (secondary N) is 3. The van der Waals surface area contributed by atoms with E-state index in [2.05, 4.69) is 42.7 Å². The van der Waals surface area contributed by atoms with E-state index in [1.165, 1.54) is 11.1 Å². The van der Waals surface area contributed by atoms with Crippen LogP contribution in [0.3, 0.4) is 0 Å². The molecule has 0 aliphatic rings. The Labute approximate surface area is 161 Å². The Bertz CT molecular complexity index is 800. The third kappa shape index (κ3) is 5.93. The zero-order valence-corrected chi connectivity index (χ0v) is 16.8. The highest BCUT2D eigenvalue weighted by Gasteiger charge is 2.15. The molecule has 1 unspecified atom stereocenters. The first-order chi connectivity index (χ1) is 12.8. The zero-order valence-electron chi connectivity index (χ0n) is 16.8. The third-order valence-electron chi connectivity index (χ3n) is 4.82. The Kier molecular flexibility index (Phi) is 7.13. The van der Waals surface area contributed by atoms with E-state index in [0.717, 1.165) is 22.6 Å². The molecular weight excluding hydrogens is 338 g/mol. The lowest BCUT2D eigenvalue weighted by atomic mass is 10.0. The second kappa shape index (κ2) is 9.33. The number of hydrogen-bond donors (Lipinski definition) is 3. The number of hydrogen-bond acceptors (Lipinski definition) is 2. The number of amides is 2. The predicted molar refractivity (Wildman–Crippen MR) is 108 cm³/mol. The molecule has 0 aliphatic carbocycles. The van der Waals surface area contributed by atoms with Crippen LogP contribution in [0.2, 0.25) is 0 Å². The maximum atomic E-state index is 12.4. The minimum absolute atomic E-state index is 0.0172.